The van der Waals surface area contributed by atoms with Crippen LogP contribution < -0.4 is 14.8 Å². The normalized spacial score (nSPS) is 15.9. The first-order chi connectivity index (χ1) is 14.8. The van der Waals surface area contributed by atoms with Crippen LogP contribution in [0.3, 0.4) is 0 Å². The number of methoxy groups -OCH3 is 1. The van der Waals surface area contributed by atoms with Crippen LogP contribution in [0.15, 0.2) is 78.9 Å². The Morgan fingerprint density at radius 3 is 2.13 bits per heavy atom. The summed E-state index contributed by atoms with van der Waals surface area (Å²) in [4.78, 5) is 2.57. The smallest absolute Gasteiger partial charge is 0.119 e. The molecule has 4 heteroatoms. The summed E-state index contributed by atoms with van der Waals surface area (Å²) >= 11 is 0. The van der Waals surface area contributed by atoms with Gasteiger partial charge in [0, 0.05) is 19.6 Å². The van der Waals surface area contributed by atoms with E-state index in [1.807, 2.05) is 18.2 Å². The van der Waals surface area contributed by atoms with Crippen LogP contribution in [0.25, 0.3) is 0 Å². The van der Waals surface area contributed by atoms with Gasteiger partial charge in [0.15, 0.2) is 0 Å². The van der Waals surface area contributed by atoms with E-state index in [0.29, 0.717) is 6.61 Å². The van der Waals surface area contributed by atoms with Gasteiger partial charge in [0.25, 0.3) is 0 Å². The molecule has 0 radical (unpaired) electrons. The molecule has 1 fully saturated rings. The van der Waals surface area contributed by atoms with Gasteiger partial charge in [-0.2, -0.15) is 0 Å². The van der Waals surface area contributed by atoms with Crippen LogP contribution in [0.5, 0.6) is 11.5 Å². The first-order valence-electron chi connectivity index (χ1n) is 10.7. The first-order valence-corrected chi connectivity index (χ1v) is 10.7. The zero-order valence-corrected chi connectivity index (χ0v) is 17.6. The van der Waals surface area contributed by atoms with Gasteiger partial charge in [-0.05, 0) is 53.9 Å². The Morgan fingerprint density at radius 1 is 0.800 bits per heavy atom. The molecule has 0 aliphatic carbocycles. The fourth-order valence-corrected chi connectivity index (χ4v) is 4.01. The van der Waals surface area contributed by atoms with E-state index in [2.05, 4.69) is 70.9 Å². The van der Waals surface area contributed by atoms with Crippen molar-refractivity contribution in [1.82, 2.24) is 10.2 Å². The molecule has 1 saturated heterocycles. The molecule has 1 aliphatic heterocycles. The lowest BCUT2D eigenvalue weighted by atomic mass is 9.96. The number of hydrogen-bond acceptors (Lipinski definition) is 4. The summed E-state index contributed by atoms with van der Waals surface area (Å²) in [5.41, 5.74) is 3.75. The van der Waals surface area contributed by atoms with Gasteiger partial charge in [-0.3, -0.25) is 4.90 Å². The van der Waals surface area contributed by atoms with Gasteiger partial charge in [0.1, 0.15) is 18.1 Å². The minimum Gasteiger partial charge on any atom is -0.497 e. The van der Waals surface area contributed by atoms with Crippen LogP contribution in [-0.4, -0.2) is 38.2 Å². The van der Waals surface area contributed by atoms with Crippen LogP contribution in [-0.2, 0) is 6.61 Å². The van der Waals surface area contributed by atoms with Crippen molar-refractivity contribution in [3.63, 3.8) is 0 Å². The van der Waals surface area contributed by atoms with E-state index in [1.165, 1.54) is 16.7 Å². The van der Waals surface area contributed by atoms with E-state index in [0.717, 1.165) is 44.1 Å². The van der Waals surface area contributed by atoms with Crippen LogP contribution >= 0.6 is 0 Å². The minimum absolute atomic E-state index is 0.221. The molecule has 0 amide bonds. The van der Waals surface area contributed by atoms with E-state index in [9.17, 15) is 0 Å². The Labute approximate surface area is 179 Å². The fraction of sp³-hybridized carbons (Fsp3) is 0.308. The molecular formula is C26H30N2O2. The van der Waals surface area contributed by atoms with Crippen molar-refractivity contribution in [2.24, 2.45) is 0 Å². The zero-order valence-electron chi connectivity index (χ0n) is 17.6. The molecule has 3 aromatic rings. The SMILES string of the molecule is COc1ccc(C(c2ccc(OCc3ccccc3)cc2)N2CCCNCC2)cc1. The molecule has 156 valence electrons. The second-order valence-corrected chi connectivity index (χ2v) is 7.66. The summed E-state index contributed by atoms with van der Waals surface area (Å²) < 4.78 is 11.3. The van der Waals surface area contributed by atoms with E-state index in [-0.39, 0.29) is 6.04 Å². The van der Waals surface area contributed by atoms with Crippen LogP contribution in [0.2, 0.25) is 0 Å². The topological polar surface area (TPSA) is 33.7 Å². The summed E-state index contributed by atoms with van der Waals surface area (Å²) in [6.07, 6.45) is 1.16. The third kappa shape index (κ3) is 5.21. The van der Waals surface area contributed by atoms with Crippen molar-refractivity contribution in [2.45, 2.75) is 19.1 Å². The van der Waals surface area contributed by atoms with Crippen molar-refractivity contribution in [1.29, 1.82) is 0 Å². The molecule has 0 saturated carbocycles. The molecule has 30 heavy (non-hydrogen) atoms. The number of benzene rings is 3. The average molecular weight is 403 g/mol. The molecule has 4 nitrogen and oxygen atoms in total. The van der Waals surface area contributed by atoms with Gasteiger partial charge in [0.2, 0.25) is 0 Å². The number of ether oxygens (including phenoxy) is 2. The molecule has 1 unspecified atom stereocenters. The molecule has 1 heterocycles. The Hall–Kier alpha value is -2.82. The monoisotopic (exact) mass is 402 g/mol. The van der Waals surface area contributed by atoms with Gasteiger partial charge in [-0.25, -0.2) is 0 Å². The Balaban J connectivity index is 1.54. The first kappa shape index (κ1) is 20.5. The molecular weight excluding hydrogens is 372 g/mol. The quantitative estimate of drug-likeness (QED) is 0.623. The number of rotatable bonds is 7. The van der Waals surface area contributed by atoms with Gasteiger partial charge >= 0.3 is 0 Å². The van der Waals surface area contributed by atoms with Crippen molar-refractivity contribution in [3.05, 3.63) is 95.6 Å². The van der Waals surface area contributed by atoms with Crippen molar-refractivity contribution in [2.75, 3.05) is 33.3 Å². The predicted molar refractivity (Wildman–Crippen MR) is 121 cm³/mol. The largest absolute Gasteiger partial charge is 0.497 e. The third-order valence-electron chi connectivity index (χ3n) is 5.62. The second-order valence-electron chi connectivity index (χ2n) is 7.66. The molecule has 1 N–H and O–H groups in total. The van der Waals surface area contributed by atoms with Gasteiger partial charge in [0.05, 0.1) is 13.2 Å². The molecule has 4 rings (SSSR count). The highest BCUT2D eigenvalue weighted by Crippen LogP contribution is 2.31. The second kappa shape index (κ2) is 10.3. The minimum atomic E-state index is 0.221. The summed E-state index contributed by atoms with van der Waals surface area (Å²) in [7, 11) is 1.71. The molecule has 1 atom stereocenters. The average Bonchev–Trinajstić information content (AvgIpc) is 3.09. The number of hydrogen-bond donors (Lipinski definition) is 1. The fourth-order valence-electron chi connectivity index (χ4n) is 4.01. The maximum atomic E-state index is 5.99. The molecule has 3 aromatic carbocycles. The molecule has 0 aromatic heterocycles. The highest BCUT2D eigenvalue weighted by atomic mass is 16.5. The Bertz CT molecular complexity index is 887. The van der Waals surface area contributed by atoms with Crippen molar-refractivity contribution < 1.29 is 9.47 Å². The van der Waals surface area contributed by atoms with Gasteiger partial charge < -0.3 is 14.8 Å². The maximum Gasteiger partial charge on any atom is 0.119 e. The lowest BCUT2D eigenvalue weighted by Crippen LogP contribution is -2.33. The highest BCUT2D eigenvalue weighted by molar-refractivity contribution is 5.38. The van der Waals surface area contributed by atoms with E-state index >= 15 is 0 Å². The summed E-state index contributed by atoms with van der Waals surface area (Å²) in [6, 6.07) is 27.5. The Morgan fingerprint density at radius 2 is 1.47 bits per heavy atom. The van der Waals surface area contributed by atoms with E-state index < -0.39 is 0 Å². The third-order valence-corrected chi connectivity index (χ3v) is 5.62. The van der Waals surface area contributed by atoms with Gasteiger partial charge in [-0.1, -0.05) is 54.6 Å². The lowest BCUT2D eigenvalue weighted by molar-refractivity contribution is 0.240. The van der Waals surface area contributed by atoms with E-state index in [1.54, 1.807) is 7.11 Å². The van der Waals surface area contributed by atoms with Crippen LogP contribution in [0, 0.1) is 0 Å². The zero-order chi connectivity index (χ0) is 20.6. The molecule has 0 bridgehead atoms. The Kier molecular flexibility index (Phi) is 7.01. The standard InChI is InChI=1S/C26H30N2O2/c1-29-24-12-8-22(9-13-24)26(28-18-5-16-27-17-19-28)23-10-14-25(15-11-23)30-20-21-6-3-2-4-7-21/h2-4,6-15,26-27H,5,16-20H2,1H3. The van der Waals surface area contributed by atoms with Crippen molar-refractivity contribution in [3.8, 4) is 11.5 Å². The summed E-state index contributed by atoms with van der Waals surface area (Å²) in [6.45, 7) is 4.79. The summed E-state index contributed by atoms with van der Waals surface area (Å²) in [5, 5.41) is 3.51. The van der Waals surface area contributed by atoms with Gasteiger partial charge in [-0.15, -0.1) is 0 Å². The van der Waals surface area contributed by atoms with E-state index in [4.69, 9.17) is 9.47 Å². The van der Waals surface area contributed by atoms with Crippen LogP contribution in [0.1, 0.15) is 29.2 Å². The highest BCUT2D eigenvalue weighted by Gasteiger charge is 2.23. The van der Waals surface area contributed by atoms with Crippen molar-refractivity contribution >= 4 is 0 Å². The number of nitrogens with one attached hydrogen (secondary N) is 1. The lowest BCUT2D eigenvalue weighted by Gasteiger charge is -2.31. The predicted octanol–water partition coefficient (Wildman–Crippen LogP) is 4.66. The van der Waals surface area contributed by atoms with Crippen LogP contribution in [0.4, 0.5) is 0 Å². The maximum absolute atomic E-state index is 5.99. The number of nitrogens with zero attached hydrogens (tertiary/aromatic N) is 1. The molecule has 0 spiro atoms. The molecule has 1 aliphatic rings. The summed E-state index contributed by atoms with van der Waals surface area (Å²) in [5.74, 6) is 1.79.